The highest BCUT2D eigenvalue weighted by Crippen LogP contribution is 2.24. The van der Waals surface area contributed by atoms with Gasteiger partial charge in [0.15, 0.2) is 0 Å². The molecule has 116 valence electrons. The number of hydrogen-bond donors (Lipinski definition) is 3. The van der Waals surface area contributed by atoms with E-state index in [0.717, 1.165) is 11.1 Å². The second-order valence-corrected chi connectivity index (χ2v) is 5.39. The first kappa shape index (κ1) is 14.8. The van der Waals surface area contributed by atoms with Crippen LogP contribution in [0.1, 0.15) is 21.5 Å². The first-order chi connectivity index (χ1) is 11.1. The van der Waals surface area contributed by atoms with E-state index in [-0.39, 0.29) is 5.56 Å². The second-order valence-electron chi connectivity index (χ2n) is 5.39. The van der Waals surface area contributed by atoms with Gasteiger partial charge in [-0.15, -0.1) is 0 Å². The molecular formula is C18H16N2O3. The zero-order chi connectivity index (χ0) is 16.4. The van der Waals surface area contributed by atoms with E-state index in [1.54, 1.807) is 18.2 Å². The van der Waals surface area contributed by atoms with Gasteiger partial charge in [0.1, 0.15) is 5.56 Å². The van der Waals surface area contributed by atoms with Gasteiger partial charge in [-0.3, -0.25) is 4.79 Å². The van der Waals surface area contributed by atoms with Crippen LogP contribution in [-0.2, 0) is 6.54 Å². The summed E-state index contributed by atoms with van der Waals surface area (Å²) in [4.78, 5) is 26.2. The lowest BCUT2D eigenvalue weighted by atomic mass is 10.1. The van der Waals surface area contributed by atoms with Gasteiger partial charge < -0.3 is 15.4 Å². The number of pyridine rings is 1. The van der Waals surface area contributed by atoms with Crippen LogP contribution in [0.25, 0.3) is 10.9 Å². The van der Waals surface area contributed by atoms with Gasteiger partial charge >= 0.3 is 5.97 Å². The Bertz CT molecular complexity index is 927. The van der Waals surface area contributed by atoms with Gasteiger partial charge in [-0.25, -0.2) is 4.79 Å². The van der Waals surface area contributed by atoms with Crippen LogP contribution in [0.4, 0.5) is 5.69 Å². The molecule has 3 rings (SSSR count). The summed E-state index contributed by atoms with van der Waals surface area (Å²) in [5, 5.41) is 13.2. The molecule has 0 aliphatic rings. The number of hydrogen-bond acceptors (Lipinski definition) is 3. The number of aryl methyl sites for hydroxylation is 1. The lowest BCUT2D eigenvalue weighted by molar-refractivity contribution is 0.0696. The monoisotopic (exact) mass is 308 g/mol. The van der Waals surface area contributed by atoms with E-state index in [9.17, 15) is 14.7 Å². The van der Waals surface area contributed by atoms with Crippen LogP contribution in [0.15, 0.2) is 53.3 Å². The number of fused-ring (bicyclic) bond motifs is 1. The number of anilines is 1. The van der Waals surface area contributed by atoms with Gasteiger partial charge in [0.05, 0.1) is 11.2 Å². The van der Waals surface area contributed by atoms with E-state index >= 15 is 0 Å². The van der Waals surface area contributed by atoms with Crippen LogP contribution >= 0.6 is 0 Å². The Morgan fingerprint density at radius 1 is 1.13 bits per heavy atom. The maximum atomic E-state index is 12.1. The van der Waals surface area contributed by atoms with Crippen molar-refractivity contribution < 1.29 is 9.90 Å². The molecule has 0 saturated carbocycles. The first-order valence-electron chi connectivity index (χ1n) is 7.24. The summed E-state index contributed by atoms with van der Waals surface area (Å²) in [5.41, 5.74) is 2.24. The van der Waals surface area contributed by atoms with Gasteiger partial charge in [-0.05, 0) is 18.6 Å². The molecule has 0 radical (unpaired) electrons. The third kappa shape index (κ3) is 2.94. The average Bonchev–Trinajstić information content (AvgIpc) is 2.53. The smallest absolute Gasteiger partial charge is 0.343 e. The molecule has 0 fully saturated rings. The van der Waals surface area contributed by atoms with Crippen LogP contribution in [0.2, 0.25) is 0 Å². The minimum Gasteiger partial charge on any atom is -0.477 e. The molecule has 0 unspecified atom stereocenters. The fraction of sp³-hybridized carbons (Fsp3) is 0.111. The highest BCUT2D eigenvalue weighted by molar-refractivity contribution is 6.04. The Hall–Kier alpha value is -3.08. The summed E-state index contributed by atoms with van der Waals surface area (Å²) in [7, 11) is 0. The van der Waals surface area contributed by atoms with Crippen LogP contribution in [0.5, 0.6) is 0 Å². The van der Waals surface area contributed by atoms with Gasteiger partial charge in [0, 0.05) is 11.9 Å². The fourth-order valence-corrected chi connectivity index (χ4v) is 2.53. The molecular weight excluding hydrogens is 292 g/mol. The summed E-state index contributed by atoms with van der Waals surface area (Å²) in [5.74, 6) is -1.25. The quantitative estimate of drug-likeness (QED) is 0.691. The predicted molar refractivity (Wildman–Crippen MR) is 90.0 cm³/mol. The van der Waals surface area contributed by atoms with Gasteiger partial charge in [-0.1, -0.05) is 48.0 Å². The number of H-pyrrole nitrogens is 1. The van der Waals surface area contributed by atoms with Crippen molar-refractivity contribution >= 4 is 22.6 Å². The number of nitrogens with one attached hydrogen (secondary N) is 2. The van der Waals surface area contributed by atoms with E-state index in [2.05, 4.69) is 10.3 Å². The molecule has 5 nitrogen and oxygen atoms in total. The number of aromatic nitrogens is 1. The first-order valence-corrected chi connectivity index (χ1v) is 7.24. The second kappa shape index (κ2) is 5.96. The molecule has 5 heteroatoms. The minimum atomic E-state index is -1.25. The summed E-state index contributed by atoms with van der Waals surface area (Å²) in [6, 6.07) is 15.1. The number of rotatable bonds is 4. The Morgan fingerprint density at radius 3 is 2.52 bits per heavy atom. The van der Waals surface area contributed by atoms with E-state index in [0.29, 0.717) is 23.1 Å². The molecule has 3 aromatic rings. The third-order valence-electron chi connectivity index (χ3n) is 3.73. The van der Waals surface area contributed by atoms with Crippen molar-refractivity contribution in [1.29, 1.82) is 0 Å². The van der Waals surface area contributed by atoms with Crippen LogP contribution in [0, 0.1) is 6.92 Å². The average molecular weight is 308 g/mol. The maximum absolute atomic E-state index is 12.1. The van der Waals surface area contributed by atoms with Gasteiger partial charge in [0.25, 0.3) is 5.56 Å². The zero-order valence-corrected chi connectivity index (χ0v) is 12.6. The van der Waals surface area contributed by atoms with Crippen molar-refractivity contribution in [2.24, 2.45) is 0 Å². The SMILES string of the molecule is Cc1ccc(CNc2c(C(=O)O)c(=O)[nH]c3ccccc23)cc1. The Kier molecular flexibility index (Phi) is 3.85. The lowest BCUT2D eigenvalue weighted by Gasteiger charge is -2.12. The summed E-state index contributed by atoms with van der Waals surface area (Å²) >= 11 is 0. The van der Waals surface area contributed by atoms with Crippen LogP contribution < -0.4 is 10.9 Å². The normalized spacial score (nSPS) is 10.7. The van der Waals surface area contributed by atoms with Gasteiger partial charge in [0.2, 0.25) is 0 Å². The van der Waals surface area contributed by atoms with E-state index < -0.39 is 11.5 Å². The van der Waals surface area contributed by atoms with Crippen molar-refractivity contribution in [3.63, 3.8) is 0 Å². The third-order valence-corrected chi connectivity index (χ3v) is 3.73. The molecule has 0 bridgehead atoms. The fourth-order valence-electron chi connectivity index (χ4n) is 2.53. The number of carboxylic acids is 1. The van der Waals surface area contributed by atoms with Crippen molar-refractivity contribution in [2.45, 2.75) is 13.5 Å². The maximum Gasteiger partial charge on any atom is 0.343 e. The van der Waals surface area contributed by atoms with E-state index in [1.165, 1.54) is 0 Å². The summed E-state index contributed by atoms with van der Waals surface area (Å²) < 4.78 is 0. The molecule has 0 aliphatic heterocycles. The van der Waals surface area contributed by atoms with Crippen molar-refractivity contribution in [2.75, 3.05) is 5.32 Å². The molecule has 0 amide bonds. The van der Waals surface area contributed by atoms with E-state index in [1.807, 2.05) is 37.3 Å². The molecule has 23 heavy (non-hydrogen) atoms. The predicted octanol–water partition coefficient (Wildman–Crippen LogP) is 3.15. The highest BCUT2D eigenvalue weighted by Gasteiger charge is 2.18. The zero-order valence-electron chi connectivity index (χ0n) is 12.6. The summed E-state index contributed by atoms with van der Waals surface area (Å²) in [6.07, 6.45) is 0. The number of benzene rings is 2. The van der Waals surface area contributed by atoms with Crippen LogP contribution in [0.3, 0.4) is 0 Å². The molecule has 1 aromatic heterocycles. The molecule has 2 aromatic carbocycles. The minimum absolute atomic E-state index is 0.268. The molecule has 0 spiro atoms. The van der Waals surface area contributed by atoms with Crippen molar-refractivity contribution in [3.05, 3.63) is 75.6 Å². The molecule has 0 atom stereocenters. The Balaban J connectivity index is 2.07. The topological polar surface area (TPSA) is 82.2 Å². The van der Waals surface area contributed by atoms with Crippen molar-refractivity contribution in [1.82, 2.24) is 4.98 Å². The largest absolute Gasteiger partial charge is 0.477 e. The van der Waals surface area contributed by atoms with E-state index in [4.69, 9.17) is 0 Å². The lowest BCUT2D eigenvalue weighted by Crippen LogP contribution is -2.21. The Labute approximate surface area is 132 Å². The molecule has 3 N–H and O–H groups in total. The number of para-hydroxylation sites is 1. The summed E-state index contributed by atoms with van der Waals surface area (Å²) in [6.45, 7) is 2.44. The highest BCUT2D eigenvalue weighted by atomic mass is 16.4. The Morgan fingerprint density at radius 2 is 1.83 bits per heavy atom. The van der Waals surface area contributed by atoms with Crippen molar-refractivity contribution in [3.8, 4) is 0 Å². The molecule has 0 saturated heterocycles. The number of aromatic carboxylic acids is 1. The number of carboxylic acid groups (broad SMARTS) is 1. The standard InChI is InChI=1S/C18H16N2O3/c1-11-6-8-12(9-7-11)10-19-16-13-4-2-3-5-14(13)20-17(21)15(16)18(22)23/h2-9H,10H2,1H3,(H,22,23)(H2,19,20,21). The van der Waals surface area contributed by atoms with Crippen LogP contribution in [-0.4, -0.2) is 16.1 Å². The number of carbonyl (C=O) groups is 1. The molecule has 1 heterocycles. The van der Waals surface area contributed by atoms with Gasteiger partial charge in [-0.2, -0.15) is 0 Å². The molecule has 0 aliphatic carbocycles. The number of aromatic amines is 1.